The molecule has 1 heterocycles. The molecular weight excluding hydrogens is 164 g/mol. The zero-order chi connectivity index (χ0) is 10.2. The molecule has 0 fully saturated rings. The average molecular weight is 182 g/mol. The smallest absolute Gasteiger partial charge is 0.169 e. The van der Waals surface area contributed by atoms with Crippen molar-refractivity contribution in [2.24, 2.45) is 0 Å². The molecule has 0 spiro atoms. The van der Waals surface area contributed by atoms with Crippen LogP contribution in [0.15, 0.2) is 0 Å². The molecular formula is C9H18N4. The van der Waals surface area contributed by atoms with Gasteiger partial charge in [-0.2, -0.15) is 0 Å². The van der Waals surface area contributed by atoms with E-state index in [1.54, 1.807) is 0 Å². The molecule has 0 aliphatic rings. The van der Waals surface area contributed by atoms with Crippen LogP contribution in [0, 0.1) is 0 Å². The molecule has 13 heavy (non-hydrogen) atoms. The first-order valence-corrected chi connectivity index (χ1v) is 4.55. The van der Waals surface area contributed by atoms with Crippen LogP contribution in [0.2, 0.25) is 0 Å². The lowest BCUT2D eigenvalue weighted by Gasteiger charge is -2.21. The Morgan fingerprint density at radius 2 is 1.85 bits per heavy atom. The van der Waals surface area contributed by atoms with Crippen LogP contribution in [-0.2, 0) is 5.41 Å². The summed E-state index contributed by atoms with van der Waals surface area (Å²) < 4.78 is 1.88. The largest absolute Gasteiger partial charge is 0.381 e. The predicted molar refractivity (Wildman–Crippen MR) is 53.5 cm³/mol. The fourth-order valence-electron chi connectivity index (χ4n) is 1.40. The minimum absolute atomic E-state index is 0.00213. The van der Waals surface area contributed by atoms with E-state index in [2.05, 4.69) is 44.9 Å². The van der Waals surface area contributed by atoms with E-state index in [0.29, 0.717) is 11.9 Å². The van der Waals surface area contributed by atoms with Crippen LogP contribution in [0.3, 0.4) is 0 Å². The zero-order valence-electron chi connectivity index (χ0n) is 9.00. The van der Waals surface area contributed by atoms with Crippen molar-refractivity contribution in [2.75, 3.05) is 5.73 Å². The summed E-state index contributed by atoms with van der Waals surface area (Å²) >= 11 is 0. The Morgan fingerprint density at radius 3 is 2.15 bits per heavy atom. The second-order valence-electron chi connectivity index (χ2n) is 4.61. The van der Waals surface area contributed by atoms with Crippen molar-refractivity contribution in [1.82, 2.24) is 15.0 Å². The van der Waals surface area contributed by atoms with Gasteiger partial charge in [-0.15, -0.1) is 5.10 Å². The highest BCUT2D eigenvalue weighted by Gasteiger charge is 2.24. The third kappa shape index (κ3) is 1.82. The number of hydrogen-bond donors (Lipinski definition) is 1. The number of nitrogen functional groups attached to an aromatic ring is 1. The maximum absolute atomic E-state index is 5.77. The van der Waals surface area contributed by atoms with Gasteiger partial charge in [-0.3, -0.25) is 0 Å². The van der Waals surface area contributed by atoms with E-state index in [0.717, 1.165) is 5.69 Å². The summed E-state index contributed by atoms with van der Waals surface area (Å²) in [7, 11) is 0. The van der Waals surface area contributed by atoms with Gasteiger partial charge in [0.15, 0.2) is 5.82 Å². The van der Waals surface area contributed by atoms with Crippen LogP contribution >= 0.6 is 0 Å². The van der Waals surface area contributed by atoms with E-state index in [4.69, 9.17) is 5.73 Å². The SMILES string of the molecule is CC(C)n1nnc(N)c1C(C)(C)C. The van der Waals surface area contributed by atoms with Crippen molar-refractivity contribution in [1.29, 1.82) is 0 Å². The van der Waals surface area contributed by atoms with Crippen LogP contribution in [0.1, 0.15) is 46.4 Å². The highest BCUT2D eigenvalue weighted by molar-refractivity contribution is 5.38. The molecule has 0 bridgehead atoms. The molecule has 1 aromatic heterocycles. The van der Waals surface area contributed by atoms with Crippen molar-refractivity contribution in [3.63, 3.8) is 0 Å². The second-order valence-corrected chi connectivity index (χ2v) is 4.61. The van der Waals surface area contributed by atoms with Gasteiger partial charge in [0.2, 0.25) is 0 Å². The molecule has 0 aromatic carbocycles. The van der Waals surface area contributed by atoms with E-state index in [9.17, 15) is 0 Å². The summed E-state index contributed by atoms with van der Waals surface area (Å²) in [5, 5.41) is 7.92. The molecule has 0 radical (unpaired) electrons. The normalized spacial score (nSPS) is 12.5. The minimum Gasteiger partial charge on any atom is -0.381 e. The Kier molecular flexibility index (Phi) is 2.32. The van der Waals surface area contributed by atoms with Crippen molar-refractivity contribution in [2.45, 2.75) is 46.1 Å². The summed E-state index contributed by atoms with van der Waals surface area (Å²) in [5.41, 5.74) is 6.78. The molecule has 0 atom stereocenters. The monoisotopic (exact) mass is 182 g/mol. The van der Waals surface area contributed by atoms with E-state index >= 15 is 0 Å². The Labute approximate surface area is 79.1 Å². The van der Waals surface area contributed by atoms with E-state index < -0.39 is 0 Å². The van der Waals surface area contributed by atoms with Gasteiger partial charge in [0, 0.05) is 11.5 Å². The second kappa shape index (κ2) is 3.01. The van der Waals surface area contributed by atoms with Crippen LogP contribution in [0.5, 0.6) is 0 Å². The van der Waals surface area contributed by atoms with Gasteiger partial charge >= 0.3 is 0 Å². The fourth-order valence-corrected chi connectivity index (χ4v) is 1.40. The Balaban J connectivity index is 3.25. The summed E-state index contributed by atoms with van der Waals surface area (Å²) in [5.74, 6) is 0.543. The Bertz CT molecular complexity index is 293. The van der Waals surface area contributed by atoms with Crippen LogP contribution in [0.25, 0.3) is 0 Å². The van der Waals surface area contributed by atoms with Crippen molar-refractivity contribution < 1.29 is 0 Å². The number of aromatic nitrogens is 3. The maximum atomic E-state index is 5.77. The lowest BCUT2D eigenvalue weighted by molar-refractivity contribution is 0.440. The van der Waals surface area contributed by atoms with Gasteiger partial charge in [0.1, 0.15) is 0 Å². The molecule has 0 aliphatic heterocycles. The van der Waals surface area contributed by atoms with Crippen molar-refractivity contribution in [3.8, 4) is 0 Å². The predicted octanol–water partition coefficient (Wildman–Crippen LogP) is 1.74. The van der Waals surface area contributed by atoms with Crippen LogP contribution in [0.4, 0.5) is 5.82 Å². The fraction of sp³-hybridized carbons (Fsp3) is 0.778. The number of anilines is 1. The van der Waals surface area contributed by atoms with E-state index in [1.807, 2.05) is 4.68 Å². The van der Waals surface area contributed by atoms with Crippen LogP contribution in [-0.4, -0.2) is 15.0 Å². The van der Waals surface area contributed by atoms with Crippen LogP contribution < -0.4 is 5.73 Å². The molecule has 1 rings (SSSR count). The van der Waals surface area contributed by atoms with E-state index in [-0.39, 0.29) is 5.41 Å². The maximum Gasteiger partial charge on any atom is 0.169 e. The first kappa shape index (κ1) is 10.0. The number of nitrogens with zero attached hydrogens (tertiary/aromatic N) is 3. The molecule has 4 nitrogen and oxygen atoms in total. The van der Waals surface area contributed by atoms with Gasteiger partial charge in [0.05, 0.1) is 5.69 Å². The summed E-state index contributed by atoms with van der Waals surface area (Å²) in [6.45, 7) is 10.5. The molecule has 2 N–H and O–H groups in total. The molecule has 0 unspecified atom stereocenters. The molecule has 0 aliphatic carbocycles. The van der Waals surface area contributed by atoms with Crippen molar-refractivity contribution >= 4 is 5.82 Å². The zero-order valence-corrected chi connectivity index (χ0v) is 9.00. The summed E-state index contributed by atoms with van der Waals surface area (Å²) in [6, 6.07) is 0.305. The summed E-state index contributed by atoms with van der Waals surface area (Å²) in [6.07, 6.45) is 0. The standard InChI is InChI=1S/C9H18N4/c1-6(2)13-7(9(3,4)5)8(10)11-12-13/h6H,10H2,1-5H3. The Morgan fingerprint density at radius 1 is 1.31 bits per heavy atom. The molecule has 1 aromatic rings. The minimum atomic E-state index is -0.00213. The first-order valence-electron chi connectivity index (χ1n) is 4.55. The van der Waals surface area contributed by atoms with Gasteiger partial charge in [0.25, 0.3) is 0 Å². The quantitative estimate of drug-likeness (QED) is 0.719. The lowest BCUT2D eigenvalue weighted by atomic mass is 9.91. The molecule has 0 saturated heterocycles. The first-order chi connectivity index (χ1) is 5.84. The topological polar surface area (TPSA) is 56.7 Å². The highest BCUT2D eigenvalue weighted by atomic mass is 15.5. The van der Waals surface area contributed by atoms with Gasteiger partial charge < -0.3 is 5.73 Å². The third-order valence-corrected chi connectivity index (χ3v) is 1.92. The average Bonchev–Trinajstić information content (AvgIpc) is 2.28. The van der Waals surface area contributed by atoms with E-state index in [1.165, 1.54) is 0 Å². The molecule has 74 valence electrons. The molecule has 4 heteroatoms. The molecule has 0 saturated carbocycles. The lowest BCUT2D eigenvalue weighted by Crippen LogP contribution is -2.21. The number of nitrogens with two attached hydrogens (primary N) is 1. The van der Waals surface area contributed by atoms with Gasteiger partial charge in [-0.1, -0.05) is 26.0 Å². The number of rotatable bonds is 1. The highest BCUT2D eigenvalue weighted by Crippen LogP contribution is 2.27. The third-order valence-electron chi connectivity index (χ3n) is 1.92. The number of hydrogen-bond acceptors (Lipinski definition) is 3. The summed E-state index contributed by atoms with van der Waals surface area (Å²) in [4.78, 5) is 0. The Hall–Kier alpha value is -1.06. The van der Waals surface area contributed by atoms with Gasteiger partial charge in [-0.25, -0.2) is 4.68 Å². The molecule has 0 amide bonds. The van der Waals surface area contributed by atoms with Crippen molar-refractivity contribution in [3.05, 3.63) is 5.69 Å². The van der Waals surface area contributed by atoms with Gasteiger partial charge in [-0.05, 0) is 13.8 Å².